The van der Waals surface area contributed by atoms with Crippen LogP contribution in [0.4, 0.5) is 0 Å². The van der Waals surface area contributed by atoms with Crippen LogP contribution >= 0.6 is 0 Å². The van der Waals surface area contributed by atoms with E-state index >= 15 is 0 Å². The Kier molecular flexibility index (Phi) is 14.5. The van der Waals surface area contributed by atoms with Crippen LogP contribution in [0.5, 0.6) is 0 Å². The monoisotopic (exact) mass is 649 g/mol. The van der Waals surface area contributed by atoms with Crippen LogP contribution in [0.2, 0.25) is 0 Å². The summed E-state index contributed by atoms with van der Waals surface area (Å²) in [6, 6.07) is -0.594. The summed E-state index contributed by atoms with van der Waals surface area (Å²) in [5.41, 5.74) is -2.24. The number of esters is 1. The zero-order chi connectivity index (χ0) is 33.1. The van der Waals surface area contributed by atoms with E-state index in [0.29, 0.717) is 19.3 Å². The summed E-state index contributed by atoms with van der Waals surface area (Å²) in [6.45, 7) is -1.36. The molecule has 0 spiro atoms. The van der Waals surface area contributed by atoms with E-state index < -0.39 is 97.4 Å². The van der Waals surface area contributed by atoms with Crippen LogP contribution in [-0.4, -0.2) is 141 Å². The topological polar surface area (TPSA) is 279 Å². The Morgan fingerprint density at radius 3 is 2.13 bits per heavy atom. The quantitative estimate of drug-likeness (QED) is 0.0617. The zero-order valence-electron chi connectivity index (χ0n) is 24.8. The van der Waals surface area contributed by atoms with Gasteiger partial charge in [-0.15, -0.1) is 0 Å². The number of ether oxygens (including phenoxy) is 5. The maximum absolute atomic E-state index is 13.0. The second-order valence-electron chi connectivity index (χ2n) is 10.8. The molecule has 0 bridgehead atoms. The molecular formula is C27H43N3O15. The number of hydrogen-bond acceptors (Lipinski definition) is 15. The van der Waals surface area contributed by atoms with Crippen LogP contribution in [-0.2, 0) is 28.5 Å². The smallest absolute Gasteiger partial charge is 0.326 e. The molecule has 7 unspecified atom stereocenters. The second-order valence-corrected chi connectivity index (χ2v) is 10.8. The van der Waals surface area contributed by atoms with Crippen LogP contribution in [0, 0.1) is 0 Å². The Balaban J connectivity index is 1.69. The number of hydrogen-bond donors (Lipinski definition) is 9. The van der Waals surface area contributed by atoms with Crippen molar-refractivity contribution in [3.05, 3.63) is 32.6 Å². The molecule has 9 N–H and O–H groups in total. The Labute approximate surface area is 257 Å². The number of aromatic amines is 2. The molecule has 1 aromatic heterocycles. The van der Waals surface area contributed by atoms with E-state index in [2.05, 4.69) is 15.0 Å². The lowest BCUT2D eigenvalue weighted by Crippen LogP contribution is -2.67. The Morgan fingerprint density at radius 2 is 1.49 bits per heavy atom. The fourth-order valence-electron chi connectivity index (χ4n) is 5.07. The number of unbranched alkanes of at least 4 members (excludes halogenated alkanes) is 5. The predicted octanol–water partition coefficient (Wildman–Crippen LogP) is -3.65. The van der Waals surface area contributed by atoms with Gasteiger partial charge in [-0.1, -0.05) is 25.7 Å². The van der Waals surface area contributed by atoms with E-state index in [1.165, 1.54) is 7.11 Å². The number of nitrogens with one attached hydrogen (secondary N) is 3. The fraction of sp³-hybridized carbons (Fsp3) is 0.778. The average Bonchev–Trinajstić information content (AvgIpc) is 3.01. The molecule has 45 heavy (non-hydrogen) atoms. The van der Waals surface area contributed by atoms with E-state index in [-0.39, 0.29) is 12.6 Å². The molecular weight excluding hydrogens is 606 g/mol. The molecule has 2 aliphatic heterocycles. The Bertz CT molecular complexity index is 1160. The number of aliphatic hydroxyl groups is 6. The van der Waals surface area contributed by atoms with Crippen LogP contribution in [0.3, 0.4) is 0 Å². The summed E-state index contributed by atoms with van der Waals surface area (Å²) >= 11 is 0. The molecule has 0 radical (unpaired) electrons. The summed E-state index contributed by atoms with van der Waals surface area (Å²) in [5.74, 6) is -1.24. The van der Waals surface area contributed by atoms with Crippen molar-refractivity contribution in [2.75, 3.05) is 26.9 Å². The lowest BCUT2D eigenvalue weighted by molar-refractivity contribution is -0.348. The molecule has 2 fully saturated rings. The highest BCUT2D eigenvalue weighted by Crippen LogP contribution is 2.30. The minimum atomic E-state index is -1.84. The molecule has 3 heterocycles. The lowest BCUT2D eigenvalue weighted by Gasteiger charge is -2.47. The summed E-state index contributed by atoms with van der Waals surface area (Å²) in [5, 5.41) is 64.0. The van der Waals surface area contributed by atoms with Gasteiger partial charge < -0.3 is 64.6 Å². The minimum Gasteiger partial charge on any atom is -0.469 e. The highest BCUT2D eigenvalue weighted by atomic mass is 16.7. The van der Waals surface area contributed by atoms with E-state index in [0.717, 1.165) is 31.7 Å². The van der Waals surface area contributed by atoms with E-state index in [4.69, 9.17) is 18.9 Å². The number of amides is 1. The van der Waals surface area contributed by atoms with Crippen molar-refractivity contribution in [2.24, 2.45) is 0 Å². The van der Waals surface area contributed by atoms with E-state index in [1.807, 2.05) is 4.98 Å². The van der Waals surface area contributed by atoms with Crippen molar-refractivity contribution in [2.45, 2.75) is 106 Å². The molecule has 2 saturated heterocycles. The third kappa shape index (κ3) is 10.1. The summed E-state index contributed by atoms with van der Waals surface area (Å²) in [7, 11) is 1.34. The molecule has 0 saturated carbocycles. The Morgan fingerprint density at radius 1 is 0.844 bits per heavy atom. The molecule has 1 amide bonds. The van der Waals surface area contributed by atoms with Gasteiger partial charge in [0.1, 0.15) is 54.5 Å². The number of carbonyl (C=O) groups excluding carboxylic acids is 2. The van der Waals surface area contributed by atoms with Crippen molar-refractivity contribution in [1.82, 2.24) is 15.3 Å². The number of methoxy groups -OCH3 is 1. The first-order valence-electron chi connectivity index (χ1n) is 14.7. The molecule has 0 aliphatic carbocycles. The molecule has 2 aliphatic rings. The van der Waals surface area contributed by atoms with Crippen molar-refractivity contribution in [1.29, 1.82) is 0 Å². The molecule has 18 nitrogen and oxygen atoms in total. The van der Waals surface area contributed by atoms with Crippen molar-refractivity contribution >= 4 is 11.9 Å². The van der Waals surface area contributed by atoms with E-state index in [1.54, 1.807) is 0 Å². The van der Waals surface area contributed by atoms with Gasteiger partial charge in [-0.25, -0.2) is 4.79 Å². The van der Waals surface area contributed by atoms with Crippen molar-refractivity contribution in [3.63, 3.8) is 0 Å². The van der Waals surface area contributed by atoms with Gasteiger partial charge in [0.2, 0.25) is 0 Å². The predicted molar refractivity (Wildman–Crippen MR) is 150 cm³/mol. The van der Waals surface area contributed by atoms with Crippen molar-refractivity contribution in [3.8, 4) is 0 Å². The van der Waals surface area contributed by atoms with Crippen molar-refractivity contribution < 1.29 is 63.9 Å². The van der Waals surface area contributed by atoms with E-state index in [9.17, 15) is 49.8 Å². The van der Waals surface area contributed by atoms with Crippen LogP contribution in [0.25, 0.3) is 0 Å². The van der Waals surface area contributed by atoms with Gasteiger partial charge in [-0.05, 0) is 12.8 Å². The van der Waals surface area contributed by atoms with Gasteiger partial charge in [-0.2, -0.15) is 0 Å². The molecule has 1 aromatic rings. The third-order valence-corrected chi connectivity index (χ3v) is 7.58. The molecule has 10 atom stereocenters. The average molecular weight is 650 g/mol. The summed E-state index contributed by atoms with van der Waals surface area (Å²) in [6.07, 6.45) is -9.27. The number of rotatable bonds is 16. The van der Waals surface area contributed by atoms with Crippen LogP contribution < -0.4 is 16.6 Å². The van der Waals surface area contributed by atoms with Gasteiger partial charge in [0.25, 0.3) is 11.5 Å². The van der Waals surface area contributed by atoms with Crippen LogP contribution in [0.1, 0.15) is 55.4 Å². The molecule has 0 aromatic carbocycles. The Hall–Kier alpha value is -2.78. The zero-order valence-corrected chi connectivity index (χ0v) is 24.8. The third-order valence-electron chi connectivity index (χ3n) is 7.58. The maximum atomic E-state index is 13.0. The fourth-order valence-corrected chi connectivity index (χ4v) is 5.07. The lowest BCUT2D eigenvalue weighted by atomic mass is 9.95. The highest BCUT2D eigenvalue weighted by Gasteiger charge is 2.51. The van der Waals surface area contributed by atoms with Gasteiger partial charge >= 0.3 is 11.7 Å². The normalized spacial score (nSPS) is 31.8. The summed E-state index contributed by atoms with van der Waals surface area (Å²) in [4.78, 5) is 51.7. The standard InChI is InChI=1S/C27H43N3O15/c1-41-17(34)8-6-4-2-3-5-7-9-42-25-18(30-24(39)13-10-16(33)29-27(40)28-13)20(36)23(15(12-32)44-25)45-26-22(38)21(37)19(35)14(11-31)43-26/h10,14-15,18-23,25-26,31-32,35-38H,2-9,11-12H2,1H3,(H,30,39)(H2,28,29,33,40)/t14?,15?,18?,19-,20?,21?,22?,23+,25+,26?/m0/s1. The number of H-pyrrole nitrogens is 2. The maximum Gasteiger partial charge on any atom is 0.326 e. The molecule has 3 rings (SSSR count). The second kappa shape index (κ2) is 17.8. The number of aromatic nitrogens is 2. The number of aliphatic hydroxyl groups excluding tert-OH is 6. The SMILES string of the molecule is COC(=O)CCCCCCCCO[C@@H]1OC(CO)[C@@H](OC2OC(CO)[C@H](O)C(O)C2O)C(O)C1NC(=O)c1cc(=O)[nH]c(=O)[nH]1. The summed E-state index contributed by atoms with van der Waals surface area (Å²) < 4.78 is 27.3. The van der Waals surface area contributed by atoms with Gasteiger partial charge in [-0.3, -0.25) is 19.4 Å². The molecule has 18 heteroatoms. The highest BCUT2D eigenvalue weighted by molar-refractivity contribution is 5.92. The largest absolute Gasteiger partial charge is 0.469 e. The minimum absolute atomic E-state index is 0.115. The van der Waals surface area contributed by atoms with Gasteiger partial charge in [0, 0.05) is 19.1 Å². The van der Waals surface area contributed by atoms with Gasteiger partial charge in [0.15, 0.2) is 12.6 Å². The first-order valence-corrected chi connectivity index (χ1v) is 14.7. The first kappa shape index (κ1) is 36.7. The number of carbonyl (C=O) groups is 2. The van der Waals surface area contributed by atoms with Crippen LogP contribution in [0.15, 0.2) is 15.7 Å². The first-order chi connectivity index (χ1) is 21.5. The van der Waals surface area contributed by atoms with Gasteiger partial charge in [0.05, 0.1) is 20.3 Å². The molecule has 256 valence electrons.